The Morgan fingerprint density at radius 1 is 1.61 bits per heavy atom. The lowest BCUT2D eigenvalue weighted by Crippen LogP contribution is -2.50. The molecule has 0 atom stereocenters. The second-order valence-corrected chi connectivity index (χ2v) is 5.97. The second kappa shape index (κ2) is 5.99. The number of carbonyl (C=O) groups excluding carboxylic acids is 1. The summed E-state index contributed by atoms with van der Waals surface area (Å²) < 4.78 is 5.31. The van der Waals surface area contributed by atoms with Gasteiger partial charge in [0.2, 0.25) is 5.91 Å². The first kappa shape index (κ1) is 13.8. The van der Waals surface area contributed by atoms with Crippen LogP contribution in [0.5, 0.6) is 0 Å². The smallest absolute Gasteiger partial charge is 0.227 e. The Morgan fingerprint density at radius 2 is 2.33 bits per heavy atom. The molecule has 0 radical (unpaired) electrons. The molecule has 1 aromatic rings. The van der Waals surface area contributed by atoms with E-state index in [-0.39, 0.29) is 11.4 Å². The summed E-state index contributed by atoms with van der Waals surface area (Å²) >= 11 is 7.17. The van der Waals surface area contributed by atoms with E-state index in [2.05, 4.69) is 17.2 Å². The predicted molar refractivity (Wildman–Crippen MR) is 72.0 cm³/mol. The predicted octanol–water partition coefficient (Wildman–Crippen LogP) is 2.11. The SMILES string of the molecule is CC1(NC(=O)Cc2nc(CCl)cs2)CCOCC1. The molecule has 2 rings (SSSR count). The Hall–Kier alpha value is -0.650. The number of amides is 1. The van der Waals surface area contributed by atoms with Crippen LogP contribution in [0, 0.1) is 0 Å². The van der Waals surface area contributed by atoms with E-state index in [1.807, 2.05) is 5.38 Å². The van der Waals surface area contributed by atoms with Crippen molar-refractivity contribution in [1.29, 1.82) is 0 Å². The van der Waals surface area contributed by atoms with Gasteiger partial charge in [-0.2, -0.15) is 0 Å². The zero-order valence-corrected chi connectivity index (χ0v) is 11.9. The molecule has 100 valence electrons. The highest BCUT2D eigenvalue weighted by atomic mass is 35.5. The van der Waals surface area contributed by atoms with Crippen LogP contribution >= 0.6 is 22.9 Å². The molecule has 2 heterocycles. The Labute approximate surface area is 116 Å². The summed E-state index contributed by atoms with van der Waals surface area (Å²) in [5.74, 6) is 0.419. The monoisotopic (exact) mass is 288 g/mol. The third-order valence-corrected chi connectivity index (χ3v) is 4.26. The fourth-order valence-corrected chi connectivity index (χ4v) is 2.98. The van der Waals surface area contributed by atoms with E-state index in [0.29, 0.717) is 25.5 Å². The van der Waals surface area contributed by atoms with Gasteiger partial charge in [0.25, 0.3) is 0 Å². The lowest BCUT2D eigenvalue weighted by molar-refractivity contribution is -0.123. The fraction of sp³-hybridized carbons (Fsp3) is 0.667. The minimum absolute atomic E-state index is 0.0230. The maximum Gasteiger partial charge on any atom is 0.227 e. The number of hydrogen-bond acceptors (Lipinski definition) is 4. The molecule has 0 aliphatic carbocycles. The van der Waals surface area contributed by atoms with Crippen molar-refractivity contribution in [2.45, 2.75) is 37.6 Å². The first-order valence-electron chi connectivity index (χ1n) is 5.99. The Morgan fingerprint density at radius 3 is 2.94 bits per heavy atom. The van der Waals surface area contributed by atoms with E-state index < -0.39 is 0 Å². The molecule has 6 heteroatoms. The zero-order chi connectivity index (χ0) is 13.0. The van der Waals surface area contributed by atoms with Crippen molar-refractivity contribution < 1.29 is 9.53 Å². The summed E-state index contributed by atoms with van der Waals surface area (Å²) in [4.78, 5) is 16.3. The quantitative estimate of drug-likeness (QED) is 0.864. The minimum atomic E-state index is -0.137. The van der Waals surface area contributed by atoms with Crippen molar-refractivity contribution in [3.8, 4) is 0 Å². The van der Waals surface area contributed by atoms with Gasteiger partial charge in [0.1, 0.15) is 5.01 Å². The van der Waals surface area contributed by atoms with Crippen molar-refractivity contribution in [2.24, 2.45) is 0 Å². The number of nitrogens with zero attached hydrogens (tertiary/aromatic N) is 1. The molecule has 0 saturated carbocycles. The molecule has 0 aromatic carbocycles. The van der Waals surface area contributed by atoms with Crippen LogP contribution in [-0.2, 0) is 21.8 Å². The number of rotatable bonds is 4. The second-order valence-electron chi connectivity index (χ2n) is 4.76. The standard InChI is InChI=1S/C12H17ClN2O2S/c1-12(2-4-17-5-3-12)15-10(16)6-11-14-9(7-13)8-18-11/h8H,2-7H2,1H3,(H,15,16). The zero-order valence-electron chi connectivity index (χ0n) is 10.4. The van der Waals surface area contributed by atoms with Crippen molar-refractivity contribution in [3.63, 3.8) is 0 Å². The van der Waals surface area contributed by atoms with E-state index >= 15 is 0 Å². The van der Waals surface area contributed by atoms with Gasteiger partial charge in [0.15, 0.2) is 0 Å². The molecule has 1 aromatic heterocycles. The Balaban J connectivity index is 1.87. The molecule has 4 nitrogen and oxygen atoms in total. The van der Waals surface area contributed by atoms with Gasteiger partial charge >= 0.3 is 0 Å². The third-order valence-electron chi connectivity index (χ3n) is 3.09. The van der Waals surface area contributed by atoms with Crippen LogP contribution in [0.1, 0.15) is 30.5 Å². The summed E-state index contributed by atoms with van der Waals surface area (Å²) in [6, 6.07) is 0. The number of alkyl halides is 1. The summed E-state index contributed by atoms with van der Waals surface area (Å²) in [6.45, 7) is 3.49. The number of hydrogen-bond donors (Lipinski definition) is 1. The van der Waals surface area contributed by atoms with Crippen molar-refractivity contribution in [2.75, 3.05) is 13.2 Å². The van der Waals surface area contributed by atoms with Gasteiger partial charge < -0.3 is 10.1 Å². The summed E-state index contributed by atoms with van der Waals surface area (Å²) in [6.07, 6.45) is 2.06. The van der Waals surface area contributed by atoms with Gasteiger partial charge in [-0.1, -0.05) is 0 Å². The number of thiazole rings is 1. The topological polar surface area (TPSA) is 51.2 Å². The minimum Gasteiger partial charge on any atom is -0.381 e. The number of nitrogens with one attached hydrogen (secondary N) is 1. The van der Waals surface area contributed by atoms with Crippen LogP contribution in [-0.4, -0.2) is 29.6 Å². The summed E-state index contributed by atoms with van der Waals surface area (Å²) in [5, 5.41) is 5.80. The van der Waals surface area contributed by atoms with Crippen LogP contribution < -0.4 is 5.32 Å². The van der Waals surface area contributed by atoms with E-state index in [1.165, 1.54) is 11.3 Å². The first-order valence-corrected chi connectivity index (χ1v) is 7.41. The number of carbonyl (C=O) groups is 1. The van der Waals surface area contributed by atoms with Gasteiger partial charge in [0, 0.05) is 24.1 Å². The highest BCUT2D eigenvalue weighted by molar-refractivity contribution is 7.09. The average molecular weight is 289 g/mol. The number of halogens is 1. The fourth-order valence-electron chi connectivity index (χ4n) is 1.96. The van der Waals surface area contributed by atoms with Gasteiger partial charge in [-0.05, 0) is 19.8 Å². The molecule has 18 heavy (non-hydrogen) atoms. The van der Waals surface area contributed by atoms with Gasteiger partial charge in [0.05, 0.1) is 18.0 Å². The highest BCUT2D eigenvalue weighted by Crippen LogP contribution is 2.20. The van der Waals surface area contributed by atoms with Crippen molar-refractivity contribution >= 4 is 28.8 Å². The molecule has 1 aliphatic rings. The van der Waals surface area contributed by atoms with E-state index in [4.69, 9.17) is 16.3 Å². The normalized spacial score (nSPS) is 18.6. The molecule has 1 amide bonds. The van der Waals surface area contributed by atoms with E-state index in [9.17, 15) is 4.79 Å². The molecular weight excluding hydrogens is 272 g/mol. The molecular formula is C12H17ClN2O2S. The van der Waals surface area contributed by atoms with Crippen LogP contribution in [0.15, 0.2) is 5.38 Å². The molecule has 0 bridgehead atoms. The Kier molecular flexibility index (Phi) is 4.59. The van der Waals surface area contributed by atoms with Crippen molar-refractivity contribution in [1.82, 2.24) is 10.3 Å². The molecule has 0 unspecified atom stereocenters. The van der Waals surface area contributed by atoms with Crippen LogP contribution in [0.2, 0.25) is 0 Å². The molecule has 1 fully saturated rings. The van der Waals surface area contributed by atoms with Gasteiger partial charge in [-0.3, -0.25) is 4.79 Å². The van der Waals surface area contributed by atoms with Gasteiger partial charge in [-0.25, -0.2) is 4.98 Å². The lowest BCUT2D eigenvalue weighted by Gasteiger charge is -2.34. The molecule has 1 saturated heterocycles. The summed E-state index contributed by atoms with van der Waals surface area (Å²) in [5.41, 5.74) is 0.698. The molecule has 1 aliphatic heterocycles. The number of ether oxygens (including phenoxy) is 1. The highest BCUT2D eigenvalue weighted by Gasteiger charge is 2.29. The molecule has 0 spiro atoms. The maximum absolute atomic E-state index is 12.0. The third kappa shape index (κ3) is 3.67. The first-order chi connectivity index (χ1) is 8.61. The Bertz CT molecular complexity index is 416. The van der Waals surface area contributed by atoms with Crippen LogP contribution in [0.4, 0.5) is 0 Å². The van der Waals surface area contributed by atoms with Crippen molar-refractivity contribution in [3.05, 3.63) is 16.1 Å². The van der Waals surface area contributed by atoms with Crippen LogP contribution in [0.3, 0.4) is 0 Å². The van der Waals surface area contributed by atoms with E-state index in [1.54, 1.807) is 0 Å². The average Bonchev–Trinajstić information content (AvgIpc) is 2.76. The lowest BCUT2D eigenvalue weighted by atomic mass is 9.92. The van der Waals surface area contributed by atoms with Crippen LogP contribution in [0.25, 0.3) is 0 Å². The van der Waals surface area contributed by atoms with Gasteiger partial charge in [-0.15, -0.1) is 22.9 Å². The largest absolute Gasteiger partial charge is 0.381 e. The van der Waals surface area contributed by atoms with E-state index in [0.717, 1.165) is 23.5 Å². The maximum atomic E-state index is 12.0. The number of aromatic nitrogens is 1. The summed E-state index contributed by atoms with van der Waals surface area (Å²) in [7, 11) is 0. The molecule has 1 N–H and O–H groups in total.